The fraction of sp³-hybridized carbons (Fsp3) is 0.867. The molecule has 3 atom stereocenters. The van der Waals surface area contributed by atoms with Crippen LogP contribution in [0, 0.1) is 11.8 Å². The average Bonchev–Trinajstić information content (AvgIpc) is 3.27. The van der Waals surface area contributed by atoms with Crippen molar-refractivity contribution in [2.45, 2.75) is 297 Å². The Hall–Kier alpha value is -1.23. The van der Waals surface area contributed by atoms with Crippen LogP contribution in [-0.4, -0.2) is 50.0 Å². The second kappa shape index (κ2) is 50.6. The molecule has 65 heavy (non-hydrogen) atoms. The summed E-state index contributed by atoms with van der Waals surface area (Å²) in [5.74, 6) is 0.0431. The minimum absolute atomic E-state index is 0. The summed E-state index contributed by atoms with van der Waals surface area (Å²) in [5.41, 5.74) is 0. The zero-order valence-corrected chi connectivity index (χ0v) is 45.7. The van der Waals surface area contributed by atoms with Crippen molar-refractivity contribution >= 4 is 11.6 Å². The van der Waals surface area contributed by atoms with Crippen molar-refractivity contribution in [2.24, 2.45) is 11.8 Å². The summed E-state index contributed by atoms with van der Waals surface area (Å²) < 4.78 is 7.33. The molecule has 0 spiro atoms. The largest absolute Gasteiger partial charge is 1.00 e. The lowest BCUT2D eigenvalue weighted by molar-refractivity contribution is -0.920. The lowest BCUT2D eigenvalue weighted by Crippen LogP contribution is -3.00. The molecule has 0 heterocycles. The molecule has 4 nitrogen and oxygen atoms in total. The van der Waals surface area contributed by atoms with Gasteiger partial charge >= 0.3 is 0 Å². The van der Waals surface area contributed by atoms with E-state index in [-0.39, 0.29) is 36.3 Å². The van der Waals surface area contributed by atoms with Crippen molar-refractivity contribution in [3.8, 4) is 0 Å². The van der Waals surface area contributed by atoms with Gasteiger partial charge in [0, 0.05) is 25.2 Å². The summed E-state index contributed by atoms with van der Waals surface area (Å²) in [6.45, 7) is 9.40. The molecule has 0 aliphatic rings. The minimum atomic E-state index is -0.328. The zero-order chi connectivity index (χ0) is 47.0. The van der Waals surface area contributed by atoms with Gasteiger partial charge in [0.15, 0.2) is 6.23 Å². The fourth-order valence-electron chi connectivity index (χ4n) is 9.32. The highest BCUT2D eigenvalue weighted by atomic mass is 35.5. The molecule has 0 saturated carbocycles. The molecule has 0 aromatic heterocycles. The molecular formula is C60H114ClNO3. The van der Waals surface area contributed by atoms with Crippen molar-refractivity contribution in [1.82, 2.24) is 0 Å². The summed E-state index contributed by atoms with van der Waals surface area (Å²) in [7, 11) is 6.52. The Balaban J connectivity index is 0. The summed E-state index contributed by atoms with van der Waals surface area (Å²) >= 11 is 0. The number of halogens is 1. The molecule has 0 aromatic rings. The predicted molar refractivity (Wildman–Crippen MR) is 284 cm³/mol. The van der Waals surface area contributed by atoms with Crippen LogP contribution in [0.3, 0.4) is 0 Å². The molecule has 384 valence electrons. The second-order valence-corrected chi connectivity index (χ2v) is 20.8. The second-order valence-electron chi connectivity index (χ2n) is 20.8. The normalized spacial score (nSPS) is 13.6. The summed E-state index contributed by atoms with van der Waals surface area (Å²) in [6.07, 6.45) is 63.5. The van der Waals surface area contributed by atoms with E-state index in [2.05, 4.69) is 85.3 Å². The molecule has 0 radical (unpaired) electrons. The predicted octanol–water partition coefficient (Wildman–Crippen LogP) is 16.2. The van der Waals surface area contributed by atoms with Gasteiger partial charge in [-0.3, -0.25) is 9.59 Å². The number of nitrogens with zero attached hydrogens (tertiary/aromatic N) is 1. The highest BCUT2D eigenvalue weighted by molar-refractivity contribution is 5.90. The zero-order valence-electron chi connectivity index (χ0n) is 44.9. The van der Waals surface area contributed by atoms with Crippen LogP contribution in [0.4, 0.5) is 0 Å². The number of carbonyl (C=O) groups is 2. The van der Waals surface area contributed by atoms with Gasteiger partial charge in [0.05, 0.1) is 33.7 Å². The van der Waals surface area contributed by atoms with Gasteiger partial charge in [-0.2, -0.15) is 0 Å². The van der Waals surface area contributed by atoms with Gasteiger partial charge in [0.1, 0.15) is 11.6 Å². The topological polar surface area (TPSA) is 43.4 Å². The van der Waals surface area contributed by atoms with E-state index in [4.69, 9.17) is 4.74 Å². The molecule has 0 aliphatic heterocycles. The average molecular weight is 933 g/mol. The van der Waals surface area contributed by atoms with Gasteiger partial charge in [-0.25, -0.2) is 0 Å². The maximum atomic E-state index is 14.3. The molecular weight excluding hydrogens is 818 g/mol. The third kappa shape index (κ3) is 43.8. The number of quaternary nitrogens is 1. The number of allylic oxidation sites excluding steroid dienone is 6. The Labute approximate surface area is 414 Å². The van der Waals surface area contributed by atoms with Crippen molar-refractivity contribution in [1.29, 1.82) is 0 Å². The van der Waals surface area contributed by atoms with Crippen molar-refractivity contribution in [3.05, 3.63) is 36.5 Å². The molecule has 5 heteroatoms. The Morgan fingerprint density at radius 3 is 0.969 bits per heavy atom. The number of ether oxygens (including phenoxy) is 1. The molecule has 0 aliphatic carbocycles. The van der Waals surface area contributed by atoms with E-state index in [1.807, 2.05) is 0 Å². The number of unbranched alkanes of at least 4 members (excludes halogenated alkanes) is 31. The fourth-order valence-corrected chi connectivity index (χ4v) is 9.32. The highest BCUT2D eigenvalue weighted by Crippen LogP contribution is 2.28. The first-order chi connectivity index (χ1) is 31.2. The molecule has 3 unspecified atom stereocenters. The maximum absolute atomic E-state index is 14.3. The van der Waals surface area contributed by atoms with Crippen LogP contribution in [0.25, 0.3) is 0 Å². The lowest BCUT2D eigenvalue weighted by Gasteiger charge is -2.35. The number of rotatable bonds is 51. The van der Waals surface area contributed by atoms with Crippen molar-refractivity contribution in [3.63, 3.8) is 0 Å². The first-order valence-corrected chi connectivity index (χ1v) is 28.7. The van der Waals surface area contributed by atoms with E-state index < -0.39 is 0 Å². The highest BCUT2D eigenvalue weighted by Gasteiger charge is 2.34. The van der Waals surface area contributed by atoms with Crippen LogP contribution in [-0.2, 0) is 14.3 Å². The van der Waals surface area contributed by atoms with Gasteiger partial charge in [-0.05, 0) is 96.3 Å². The van der Waals surface area contributed by atoms with Crippen LogP contribution in [0.5, 0.6) is 0 Å². The lowest BCUT2D eigenvalue weighted by atomic mass is 9.79. The molecule has 0 bridgehead atoms. The van der Waals surface area contributed by atoms with Crippen LogP contribution < -0.4 is 12.4 Å². The molecule has 0 aromatic carbocycles. The minimum Gasteiger partial charge on any atom is -1.00 e. The van der Waals surface area contributed by atoms with Gasteiger partial charge in [-0.15, -0.1) is 0 Å². The van der Waals surface area contributed by atoms with E-state index in [1.165, 1.54) is 186 Å². The number of ketones is 2. The van der Waals surface area contributed by atoms with E-state index in [0.717, 1.165) is 64.2 Å². The standard InChI is InChI=1S/C60H114NO3.ClH/c1-8-12-15-18-21-24-27-30-32-35-38-41-44-47-50-53-58(62)56(52-49-46-43-40-37-34-29-26-23-20-17-14-10-3)57(55-64-60(11-4)61(5,6)7)59(63)54-51-48-45-42-39-36-33-31-28-25-22-19-16-13-9-2;/h30-34,37,56-57,60H,8-29,35-36,38-55H2,1-7H3;1H/q+1;/p-1/b32-30-,33-31-,37-34-;. The summed E-state index contributed by atoms with van der Waals surface area (Å²) in [4.78, 5) is 28.5. The van der Waals surface area contributed by atoms with E-state index in [0.29, 0.717) is 29.7 Å². The Bertz CT molecular complexity index is 1090. The van der Waals surface area contributed by atoms with Gasteiger partial charge in [0.25, 0.3) is 0 Å². The van der Waals surface area contributed by atoms with Gasteiger partial charge in [0.2, 0.25) is 0 Å². The van der Waals surface area contributed by atoms with E-state index >= 15 is 0 Å². The third-order valence-electron chi connectivity index (χ3n) is 13.6. The SMILES string of the molecule is CCCCCCCC/C=C\CCCCCCCC(=O)C(CCCCC/C=C\CCCCCCCC)C(COC(CC)[N+](C)(C)C)C(=O)CCCCCCC/C=C\CCCCCCCC.[Cl-]. The van der Waals surface area contributed by atoms with E-state index in [1.54, 1.807) is 0 Å². The summed E-state index contributed by atoms with van der Waals surface area (Å²) in [6, 6.07) is 0. The monoisotopic (exact) mass is 932 g/mol. The van der Waals surface area contributed by atoms with E-state index in [9.17, 15) is 9.59 Å². The Morgan fingerprint density at radius 1 is 0.385 bits per heavy atom. The molecule has 0 saturated heterocycles. The smallest absolute Gasteiger partial charge is 0.192 e. The number of carbonyl (C=O) groups excluding carboxylic acids is 2. The molecule has 0 fully saturated rings. The maximum Gasteiger partial charge on any atom is 0.192 e. The number of Topliss-reactive ketones (excluding diaryl/α,β-unsaturated/α-hetero) is 2. The first kappa shape index (κ1) is 65.9. The number of hydrogen-bond donors (Lipinski definition) is 0. The molecule has 0 rings (SSSR count). The van der Waals surface area contributed by atoms with Crippen LogP contribution in [0.1, 0.15) is 291 Å². The van der Waals surface area contributed by atoms with Crippen LogP contribution >= 0.6 is 0 Å². The first-order valence-electron chi connectivity index (χ1n) is 28.7. The van der Waals surface area contributed by atoms with Crippen LogP contribution in [0.15, 0.2) is 36.5 Å². The quantitative estimate of drug-likeness (QED) is 0.0264. The van der Waals surface area contributed by atoms with Gasteiger partial charge < -0.3 is 21.6 Å². The van der Waals surface area contributed by atoms with Crippen molar-refractivity contribution < 1.29 is 31.2 Å². The van der Waals surface area contributed by atoms with Crippen LogP contribution in [0.2, 0.25) is 0 Å². The molecule has 0 amide bonds. The van der Waals surface area contributed by atoms with Crippen molar-refractivity contribution in [2.75, 3.05) is 27.7 Å². The molecule has 0 N–H and O–H groups in total. The van der Waals surface area contributed by atoms with Gasteiger partial charge in [-0.1, -0.05) is 212 Å². The Morgan fingerprint density at radius 2 is 0.662 bits per heavy atom. The third-order valence-corrected chi connectivity index (χ3v) is 13.6. The Kier molecular flexibility index (Phi) is 51.3. The number of hydrogen-bond acceptors (Lipinski definition) is 3. The summed E-state index contributed by atoms with van der Waals surface area (Å²) in [5, 5.41) is 0.